The molecular weight excluding hydrogens is 444 g/mol. The quantitative estimate of drug-likeness (QED) is 0.129. The first-order valence-corrected chi connectivity index (χ1v) is 14.4. The molecule has 1 heterocycles. The maximum absolute atomic E-state index is 12.0. The molecule has 0 saturated heterocycles. The van der Waals surface area contributed by atoms with Crippen LogP contribution in [-0.2, 0) is 16.1 Å². The van der Waals surface area contributed by atoms with Gasteiger partial charge in [-0.25, -0.2) is 4.90 Å². The fourth-order valence-corrected chi connectivity index (χ4v) is 5.21. The summed E-state index contributed by atoms with van der Waals surface area (Å²) in [6.07, 6.45) is 18.4. The first-order valence-electron chi connectivity index (χ1n) is 13.2. The van der Waals surface area contributed by atoms with Crippen molar-refractivity contribution in [2.24, 2.45) is 0 Å². The fraction of sp³-hybridized carbons (Fsp3) is 0.643. The third kappa shape index (κ3) is 10.2. The number of phenols is 1. The van der Waals surface area contributed by atoms with Gasteiger partial charge in [0, 0.05) is 30.1 Å². The van der Waals surface area contributed by atoms with Gasteiger partial charge in [-0.1, -0.05) is 78.1 Å². The fourth-order valence-electron chi connectivity index (χ4n) is 4.19. The van der Waals surface area contributed by atoms with Crippen LogP contribution >= 0.6 is 11.8 Å². The first-order chi connectivity index (χ1) is 16.6. The van der Waals surface area contributed by atoms with Gasteiger partial charge < -0.3 is 5.11 Å². The lowest BCUT2D eigenvalue weighted by Crippen LogP contribution is -2.30. The number of phenolic OH excluding ortho intramolecular Hbond substituents is 1. The molecule has 0 saturated carbocycles. The highest BCUT2D eigenvalue weighted by atomic mass is 32.2. The van der Waals surface area contributed by atoms with Crippen molar-refractivity contribution >= 4 is 29.3 Å². The van der Waals surface area contributed by atoms with E-state index < -0.39 is 0 Å². The Hall–Kier alpha value is -1.79. The number of amides is 2. The van der Waals surface area contributed by atoms with Crippen LogP contribution in [0.25, 0.3) is 0 Å². The number of thioether (sulfide) groups is 1. The zero-order chi connectivity index (χ0) is 24.6. The lowest BCUT2D eigenvalue weighted by Gasteiger charge is -2.23. The Morgan fingerprint density at radius 2 is 1.41 bits per heavy atom. The Balaban J connectivity index is 1.74. The number of imide groups is 1. The summed E-state index contributed by atoms with van der Waals surface area (Å²) in [5.74, 6) is 1.61. The molecule has 0 fully saturated rings. The molecule has 0 radical (unpaired) electrons. The van der Waals surface area contributed by atoms with E-state index in [-0.39, 0.29) is 17.6 Å². The number of hydrogen-bond donors (Lipinski definition) is 1. The predicted octanol–water partition coefficient (Wildman–Crippen LogP) is 7.04. The van der Waals surface area contributed by atoms with E-state index in [4.69, 9.17) is 0 Å². The second kappa shape index (κ2) is 16.8. The summed E-state index contributed by atoms with van der Waals surface area (Å²) in [6, 6.07) is 4.97. The number of benzene rings is 1. The minimum absolute atomic E-state index is 0.206. The number of rotatable bonds is 19. The molecule has 0 aromatic heterocycles. The summed E-state index contributed by atoms with van der Waals surface area (Å²) in [5, 5.41) is 10.4. The van der Waals surface area contributed by atoms with Crippen molar-refractivity contribution in [2.45, 2.75) is 97.4 Å². The molecule has 2 amide bonds. The van der Waals surface area contributed by atoms with Crippen molar-refractivity contribution in [1.29, 1.82) is 0 Å². The van der Waals surface area contributed by atoms with Gasteiger partial charge in [-0.3, -0.25) is 14.5 Å². The molecule has 0 spiro atoms. The van der Waals surface area contributed by atoms with E-state index in [2.05, 4.69) is 18.7 Å². The van der Waals surface area contributed by atoms with Gasteiger partial charge in [-0.2, -0.15) is 0 Å². The van der Waals surface area contributed by atoms with Gasteiger partial charge in [0.1, 0.15) is 5.75 Å². The Kier molecular flexibility index (Phi) is 14.0. The van der Waals surface area contributed by atoms with Gasteiger partial charge in [0.25, 0.3) is 11.8 Å². The molecule has 1 aromatic rings. The molecule has 1 N–H and O–H groups in total. The molecule has 190 valence electrons. The molecule has 1 aliphatic heterocycles. The molecule has 0 bridgehead atoms. The molecule has 2 rings (SSSR count). The average Bonchev–Trinajstić information content (AvgIpc) is 3.17. The number of carbonyl (C=O) groups excluding carboxylic acids is 2. The maximum atomic E-state index is 12.0. The van der Waals surface area contributed by atoms with Gasteiger partial charge in [-0.05, 0) is 43.3 Å². The van der Waals surface area contributed by atoms with Crippen LogP contribution in [0.15, 0.2) is 30.4 Å². The van der Waals surface area contributed by atoms with Crippen molar-refractivity contribution in [3.05, 3.63) is 35.9 Å². The highest BCUT2D eigenvalue weighted by Crippen LogP contribution is 2.28. The van der Waals surface area contributed by atoms with Crippen LogP contribution in [0.2, 0.25) is 0 Å². The number of nitrogens with zero attached hydrogens (tertiary/aromatic N) is 2. The smallest absolute Gasteiger partial charge is 0.258 e. The largest absolute Gasteiger partial charge is 0.508 e. The topological polar surface area (TPSA) is 60.9 Å². The van der Waals surface area contributed by atoms with E-state index in [0.717, 1.165) is 41.5 Å². The number of anilines is 1. The van der Waals surface area contributed by atoms with Gasteiger partial charge >= 0.3 is 0 Å². The van der Waals surface area contributed by atoms with Crippen molar-refractivity contribution in [1.82, 2.24) is 4.90 Å². The summed E-state index contributed by atoms with van der Waals surface area (Å²) in [7, 11) is 0. The van der Waals surface area contributed by atoms with E-state index in [1.807, 2.05) is 11.8 Å². The number of unbranched alkanes of at least 4 members (excludes halogenated alkanes) is 10. The Morgan fingerprint density at radius 3 is 2.03 bits per heavy atom. The molecule has 0 atom stereocenters. The standard InChI is InChI=1S/C28H44N2O3S/c1-3-5-7-8-9-10-11-12-13-14-20-34-23-29(19-6-4-2)22-24-21-25(15-16-26(24)31)30-27(32)17-18-28(30)33/h15-18,21,31H,3-14,19-20,22-23H2,1-2H3. The minimum atomic E-state index is -0.337. The second-order valence-corrected chi connectivity index (χ2v) is 10.4. The van der Waals surface area contributed by atoms with Crippen molar-refractivity contribution in [3.8, 4) is 5.75 Å². The molecule has 0 aliphatic carbocycles. The molecule has 1 aliphatic rings. The predicted molar refractivity (Wildman–Crippen MR) is 144 cm³/mol. The van der Waals surface area contributed by atoms with E-state index in [0.29, 0.717) is 12.2 Å². The van der Waals surface area contributed by atoms with E-state index in [1.165, 1.54) is 76.4 Å². The van der Waals surface area contributed by atoms with Gasteiger partial charge in [0.15, 0.2) is 0 Å². The van der Waals surface area contributed by atoms with Gasteiger partial charge in [0.05, 0.1) is 5.69 Å². The lowest BCUT2D eigenvalue weighted by molar-refractivity contribution is -0.119. The molecule has 0 unspecified atom stereocenters. The number of carbonyl (C=O) groups is 2. The Bertz CT molecular complexity index is 763. The van der Waals surface area contributed by atoms with Crippen LogP contribution in [0.5, 0.6) is 5.75 Å². The van der Waals surface area contributed by atoms with Crippen LogP contribution in [0, 0.1) is 0 Å². The maximum Gasteiger partial charge on any atom is 0.258 e. The minimum Gasteiger partial charge on any atom is -0.508 e. The normalized spacial score (nSPS) is 13.6. The van der Waals surface area contributed by atoms with Crippen molar-refractivity contribution in [2.75, 3.05) is 23.1 Å². The van der Waals surface area contributed by atoms with Crippen molar-refractivity contribution < 1.29 is 14.7 Å². The summed E-state index contributed by atoms with van der Waals surface area (Å²) < 4.78 is 0. The van der Waals surface area contributed by atoms with Crippen LogP contribution in [0.4, 0.5) is 5.69 Å². The Labute approximate surface area is 211 Å². The van der Waals surface area contributed by atoms with Crippen molar-refractivity contribution in [3.63, 3.8) is 0 Å². The summed E-state index contributed by atoms with van der Waals surface area (Å²) in [6.45, 7) is 6.02. The number of aromatic hydroxyl groups is 1. The van der Waals surface area contributed by atoms with E-state index in [1.54, 1.807) is 18.2 Å². The third-order valence-electron chi connectivity index (χ3n) is 6.27. The molecular formula is C28H44N2O3S. The summed E-state index contributed by atoms with van der Waals surface area (Å²) >= 11 is 1.96. The first kappa shape index (κ1) is 28.4. The highest BCUT2D eigenvalue weighted by Gasteiger charge is 2.25. The molecule has 5 nitrogen and oxygen atoms in total. The summed E-state index contributed by atoms with van der Waals surface area (Å²) in [4.78, 5) is 27.6. The van der Waals surface area contributed by atoms with Crippen LogP contribution in [0.3, 0.4) is 0 Å². The lowest BCUT2D eigenvalue weighted by atomic mass is 10.1. The van der Waals surface area contributed by atoms with E-state index >= 15 is 0 Å². The third-order valence-corrected chi connectivity index (χ3v) is 7.39. The van der Waals surface area contributed by atoms with Gasteiger partial charge in [0.2, 0.25) is 0 Å². The van der Waals surface area contributed by atoms with Crippen LogP contribution < -0.4 is 4.90 Å². The van der Waals surface area contributed by atoms with Gasteiger partial charge in [-0.15, -0.1) is 11.8 Å². The van der Waals surface area contributed by atoms with E-state index in [9.17, 15) is 14.7 Å². The zero-order valence-electron chi connectivity index (χ0n) is 21.3. The monoisotopic (exact) mass is 488 g/mol. The highest BCUT2D eigenvalue weighted by molar-refractivity contribution is 7.99. The average molecular weight is 489 g/mol. The van der Waals surface area contributed by atoms with Crippen LogP contribution in [-0.4, -0.2) is 40.0 Å². The Morgan fingerprint density at radius 1 is 0.824 bits per heavy atom. The number of hydrogen-bond acceptors (Lipinski definition) is 5. The zero-order valence-corrected chi connectivity index (χ0v) is 22.1. The molecule has 6 heteroatoms. The second-order valence-electron chi connectivity index (χ2n) is 9.28. The summed E-state index contributed by atoms with van der Waals surface area (Å²) in [5.41, 5.74) is 1.27. The molecule has 34 heavy (non-hydrogen) atoms. The molecule has 1 aromatic carbocycles. The SMILES string of the molecule is CCCCCCCCCCCCSCN(CCCC)Cc1cc(N2C(=O)C=CC2=O)ccc1O. The van der Waals surface area contributed by atoms with Crippen LogP contribution in [0.1, 0.15) is 96.5 Å².